The molecule has 0 spiro atoms. The average molecular weight is 547 g/mol. The smallest absolute Gasteiger partial charge is 0.407 e. The Morgan fingerprint density at radius 3 is 2.55 bits per heavy atom. The van der Waals surface area contributed by atoms with Crippen molar-refractivity contribution in [3.63, 3.8) is 0 Å². The number of amides is 1. The van der Waals surface area contributed by atoms with Crippen LogP contribution in [-0.2, 0) is 16.6 Å². The van der Waals surface area contributed by atoms with Crippen LogP contribution in [0.2, 0.25) is 0 Å². The molecule has 9 nitrogen and oxygen atoms in total. The van der Waals surface area contributed by atoms with Gasteiger partial charge >= 0.3 is 6.09 Å². The van der Waals surface area contributed by atoms with Gasteiger partial charge in [0.25, 0.3) is 0 Å². The van der Waals surface area contributed by atoms with Crippen LogP contribution in [-0.4, -0.2) is 46.4 Å². The third kappa shape index (κ3) is 5.96. The van der Waals surface area contributed by atoms with E-state index in [1.807, 2.05) is 20.8 Å². The number of alkyl carbamates (subject to hydrolysis) is 1. The zero-order chi connectivity index (χ0) is 28.7. The number of hydrogen-bond donors (Lipinski definition) is 2. The lowest BCUT2D eigenvalue weighted by Gasteiger charge is -2.38. The van der Waals surface area contributed by atoms with Gasteiger partial charge in [-0.25, -0.2) is 14.8 Å². The Balaban J connectivity index is 1.43. The first-order valence-electron chi connectivity index (χ1n) is 14.5. The summed E-state index contributed by atoms with van der Waals surface area (Å²) in [5.41, 5.74) is 10.8. The first kappa shape index (κ1) is 28.0. The molecule has 3 aliphatic carbocycles. The maximum atomic E-state index is 12.3. The second-order valence-corrected chi connectivity index (χ2v) is 13.1. The van der Waals surface area contributed by atoms with Crippen LogP contribution >= 0.6 is 0 Å². The minimum Gasteiger partial charge on any atom is -0.488 e. The first-order chi connectivity index (χ1) is 19.0. The minimum absolute atomic E-state index is 0.0485. The maximum Gasteiger partial charge on any atom is 0.407 e. The molecule has 2 aromatic rings. The molecule has 9 heteroatoms. The molecule has 40 heavy (non-hydrogen) atoms. The molecule has 0 saturated heterocycles. The molecule has 3 aliphatic rings. The Hall–Kier alpha value is -3.54. The van der Waals surface area contributed by atoms with E-state index in [4.69, 9.17) is 20.2 Å². The van der Waals surface area contributed by atoms with Gasteiger partial charge in [-0.3, -0.25) is 0 Å². The molecule has 5 rings (SSSR count). The number of aromatic nitrogens is 2. The summed E-state index contributed by atoms with van der Waals surface area (Å²) in [6.45, 7) is 10.7. The largest absolute Gasteiger partial charge is 0.488 e. The number of benzene rings is 1. The molecule has 0 bridgehead atoms. The van der Waals surface area contributed by atoms with Crippen molar-refractivity contribution in [2.45, 2.75) is 115 Å². The molecular weight excluding hydrogens is 504 g/mol. The number of rotatable bonds is 7. The highest BCUT2D eigenvalue weighted by Gasteiger charge is 2.40. The summed E-state index contributed by atoms with van der Waals surface area (Å²) in [5, 5.41) is 12.5. The molecule has 1 heterocycles. The Labute approximate surface area is 237 Å². The molecule has 2 fully saturated rings. The van der Waals surface area contributed by atoms with Crippen LogP contribution in [0, 0.1) is 11.3 Å². The number of nitrogens with zero attached hydrogens (tertiary/aromatic N) is 4. The van der Waals surface area contributed by atoms with Crippen LogP contribution in [0.5, 0.6) is 5.75 Å². The van der Waals surface area contributed by atoms with Crippen molar-refractivity contribution in [2.75, 3.05) is 17.2 Å². The lowest BCUT2D eigenvalue weighted by atomic mass is 9.71. The van der Waals surface area contributed by atoms with E-state index >= 15 is 0 Å². The van der Waals surface area contributed by atoms with Crippen LogP contribution in [0.4, 0.5) is 16.3 Å². The van der Waals surface area contributed by atoms with Crippen LogP contribution in [0.15, 0.2) is 18.5 Å². The van der Waals surface area contributed by atoms with Gasteiger partial charge in [-0.15, -0.1) is 0 Å². The summed E-state index contributed by atoms with van der Waals surface area (Å²) < 4.78 is 12.2. The molecule has 1 aromatic carbocycles. The average Bonchev–Trinajstić information content (AvgIpc) is 3.70. The van der Waals surface area contributed by atoms with Gasteiger partial charge in [-0.1, -0.05) is 13.8 Å². The highest BCUT2D eigenvalue weighted by atomic mass is 16.6. The van der Waals surface area contributed by atoms with Crippen molar-refractivity contribution in [1.82, 2.24) is 15.3 Å². The van der Waals surface area contributed by atoms with Crippen LogP contribution < -0.4 is 20.7 Å². The lowest BCUT2D eigenvalue weighted by Crippen LogP contribution is -2.42. The van der Waals surface area contributed by atoms with E-state index in [1.165, 1.54) is 5.56 Å². The summed E-state index contributed by atoms with van der Waals surface area (Å²) in [5.74, 6) is 1.40. The van der Waals surface area contributed by atoms with E-state index in [1.54, 1.807) is 6.33 Å². The van der Waals surface area contributed by atoms with Gasteiger partial charge in [0, 0.05) is 29.8 Å². The summed E-state index contributed by atoms with van der Waals surface area (Å²) in [4.78, 5) is 23.7. The second-order valence-electron chi connectivity index (χ2n) is 13.1. The van der Waals surface area contributed by atoms with Gasteiger partial charge < -0.3 is 25.4 Å². The molecule has 0 atom stereocenters. The Bertz CT molecular complexity index is 1300. The number of ether oxygens (including phenoxy) is 2. The topological polar surface area (TPSA) is 126 Å². The standard InChI is InChI=1S/C31H42N6O3/c1-30(2,3)40-29(38)36-19-7-11-21(12-8-19)39-24-14-13-22-23(27(24)37(16-6-15-32)20-9-10-20)17-31(4,5)25-26(22)34-18-35-28(25)33/h13-14,18-21H,6-12,16-17H2,1-5H3,(H,36,38)(H2,33,34,35). The molecule has 0 radical (unpaired) electrons. The molecule has 1 amide bonds. The van der Waals surface area contributed by atoms with Crippen LogP contribution in [0.3, 0.4) is 0 Å². The van der Waals surface area contributed by atoms with Crippen LogP contribution in [0.1, 0.15) is 90.7 Å². The van der Waals surface area contributed by atoms with E-state index in [-0.39, 0.29) is 23.7 Å². The van der Waals surface area contributed by atoms with Crippen molar-refractivity contribution < 1.29 is 14.3 Å². The molecule has 2 saturated carbocycles. The lowest BCUT2D eigenvalue weighted by molar-refractivity contribution is 0.0471. The monoisotopic (exact) mass is 546 g/mol. The fourth-order valence-corrected chi connectivity index (χ4v) is 6.24. The normalized spacial score (nSPS) is 21.4. The summed E-state index contributed by atoms with van der Waals surface area (Å²) in [7, 11) is 0. The number of fused-ring (bicyclic) bond motifs is 3. The molecule has 1 aromatic heterocycles. The number of hydrogen-bond acceptors (Lipinski definition) is 8. The number of carbonyl (C=O) groups is 1. The van der Waals surface area contributed by atoms with E-state index in [9.17, 15) is 10.1 Å². The van der Waals surface area contributed by atoms with E-state index in [0.717, 1.165) is 73.2 Å². The Kier molecular flexibility index (Phi) is 7.56. The van der Waals surface area contributed by atoms with E-state index in [2.05, 4.69) is 47.3 Å². The van der Waals surface area contributed by atoms with Gasteiger partial charge in [-0.05, 0) is 88.8 Å². The minimum atomic E-state index is -0.515. The Morgan fingerprint density at radius 2 is 1.90 bits per heavy atom. The van der Waals surface area contributed by atoms with Crippen molar-refractivity contribution in [3.05, 3.63) is 29.6 Å². The molecule has 3 N–H and O–H groups in total. The highest BCUT2D eigenvalue weighted by molar-refractivity contribution is 5.83. The number of nitrogens with one attached hydrogen (secondary N) is 1. The quantitative estimate of drug-likeness (QED) is 0.456. The predicted octanol–water partition coefficient (Wildman–Crippen LogP) is 5.66. The first-order valence-corrected chi connectivity index (χ1v) is 14.5. The van der Waals surface area contributed by atoms with Gasteiger partial charge in [0.2, 0.25) is 0 Å². The molecule has 0 aliphatic heterocycles. The van der Waals surface area contributed by atoms with Crippen molar-refractivity contribution in [3.8, 4) is 23.1 Å². The SMILES string of the molecule is CC(C)(C)OC(=O)NC1CCC(Oc2ccc3c(c2N(CCC#N)C2CC2)CC(C)(C)c2c(N)ncnc2-3)CC1. The number of nitrogen functional groups attached to an aromatic ring is 1. The predicted molar refractivity (Wildman–Crippen MR) is 155 cm³/mol. The highest BCUT2D eigenvalue weighted by Crippen LogP contribution is 2.51. The number of nitriles is 1. The van der Waals surface area contributed by atoms with E-state index in [0.29, 0.717) is 24.8 Å². The zero-order valence-electron chi connectivity index (χ0n) is 24.4. The molecule has 0 unspecified atom stereocenters. The zero-order valence-corrected chi connectivity index (χ0v) is 24.4. The van der Waals surface area contributed by atoms with Gasteiger partial charge in [0.15, 0.2) is 0 Å². The van der Waals surface area contributed by atoms with Gasteiger partial charge in [0.1, 0.15) is 23.5 Å². The van der Waals surface area contributed by atoms with E-state index < -0.39 is 5.60 Å². The Morgan fingerprint density at radius 1 is 1.18 bits per heavy atom. The number of anilines is 2. The number of nitrogens with two attached hydrogens (primary N) is 1. The molecular formula is C31H42N6O3. The summed E-state index contributed by atoms with van der Waals surface area (Å²) in [6.07, 6.45) is 8.05. The fraction of sp³-hybridized carbons (Fsp3) is 0.613. The third-order valence-electron chi connectivity index (χ3n) is 8.10. The fourth-order valence-electron chi connectivity index (χ4n) is 6.24. The van der Waals surface area contributed by atoms with Gasteiger partial charge in [-0.2, -0.15) is 5.26 Å². The summed E-state index contributed by atoms with van der Waals surface area (Å²) in [6, 6.07) is 7.02. The van der Waals surface area contributed by atoms with Crippen molar-refractivity contribution >= 4 is 17.6 Å². The van der Waals surface area contributed by atoms with Gasteiger partial charge in [0.05, 0.1) is 30.0 Å². The van der Waals surface area contributed by atoms with Crippen LogP contribution in [0.25, 0.3) is 11.3 Å². The third-order valence-corrected chi connectivity index (χ3v) is 8.10. The van der Waals surface area contributed by atoms with Crippen molar-refractivity contribution in [2.24, 2.45) is 0 Å². The number of carbonyl (C=O) groups excluding carboxylic acids is 1. The molecule has 214 valence electrons. The maximum absolute atomic E-state index is 12.3. The second kappa shape index (κ2) is 10.8. The van der Waals surface area contributed by atoms with Crippen molar-refractivity contribution in [1.29, 1.82) is 5.26 Å². The summed E-state index contributed by atoms with van der Waals surface area (Å²) >= 11 is 0.